The van der Waals surface area contributed by atoms with Crippen LogP contribution in [0.25, 0.3) is 4.91 Å². The van der Waals surface area contributed by atoms with Crippen molar-refractivity contribution in [3.8, 4) is 5.75 Å². The van der Waals surface area contributed by atoms with Crippen LogP contribution < -0.4 is 4.74 Å². The van der Waals surface area contributed by atoms with Crippen LogP contribution in [0.4, 0.5) is 0 Å². The van der Waals surface area contributed by atoms with Crippen LogP contribution in [-0.4, -0.2) is 25.2 Å². The Morgan fingerprint density at radius 1 is 1.09 bits per heavy atom. The van der Waals surface area contributed by atoms with Crippen molar-refractivity contribution < 1.29 is 14.3 Å². The monoisotopic (exact) mass is 325 g/mol. The Kier molecular flexibility index (Phi) is 4.48. The van der Waals surface area contributed by atoms with Gasteiger partial charge in [0.15, 0.2) is 5.70 Å². The number of rotatable bonds is 4. The van der Waals surface area contributed by atoms with Gasteiger partial charge in [-0.05, 0) is 36.1 Å². The number of cyclic esters (lactones) is 1. The number of hydrogen-bond donors (Lipinski definition) is 0. The minimum absolute atomic E-state index is 0.335. The molecule has 0 radical (unpaired) electrons. The molecule has 0 saturated carbocycles. The second-order valence-electron chi connectivity index (χ2n) is 4.78. The molecule has 0 aromatic heterocycles. The summed E-state index contributed by atoms with van der Waals surface area (Å²) >= 11 is 1.47. The highest BCUT2D eigenvalue weighted by Crippen LogP contribution is 2.33. The summed E-state index contributed by atoms with van der Waals surface area (Å²) in [6.45, 7) is 0. The summed E-state index contributed by atoms with van der Waals surface area (Å²) in [5.74, 6) is 0.677. The molecule has 0 amide bonds. The Balaban J connectivity index is 2.02. The van der Waals surface area contributed by atoms with Crippen molar-refractivity contribution in [3.63, 3.8) is 0 Å². The third kappa shape index (κ3) is 3.14. The van der Waals surface area contributed by atoms with Gasteiger partial charge in [0.05, 0.1) is 7.11 Å². The number of nitrogens with zero attached hydrogens (tertiary/aromatic N) is 1. The number of thioether (sulfide) groups is 1. The van der Waals surface area contributed by atoms with Crippen molar-refractivity contribution in [1.82, 2.24) is 0 Å². The van der Waals surface area contributed by atoms with Crippen molar-refractivity contribution >= 4 is 28.5 Å². The molecule has 0 saturated heterocycles. The first kappa shape index (κ1) is 15.4. The van der Waals surface area contributed by atoms with Crippen molar-refractivity contribution in [1.29, 1.82) is 0 Å². The summed E-state index contributed by atoms with van der Waals surface area (Å²) in [6.07, 6.45) is 1.91. The zero-order valence-electron chi connectivity index (χ0n) is 12.8. The summed E-state index contributed by atoms with van der Waals surface area (Å²) in [4.78, 5) is 17.4. The smallest absolute Gasteiger partial charge is 0.365 e. The first-order chi connectivity index (χ1) is 11.2. The summed E-state index contributed by atoms with van der Waals surface area (Å²) in [6, 6.07) is 16.9. The Bertz CT molecular complexity index is 780. The first-order valence-electron chi connectivity index (χ1n) is 7.02. The standard InChI is InChI=1S/C18H15NO3S/c1-21-14-10-8-12(9-11-14)16(23-2)15-18(20)22-17(19-15)13-6-4-3-5-7-13/h3-11H,1-2H3/b16-15+. The number of esters is 1. The van der Waals surface area contributed by atoms with Crippen molar-refractivity contribution in [2.45, 2.75) is 0 Å². The molecule has 1 aliphatic rings. The van der Waals surface area contributed by atoms with E-state index < -0.39 is 5.97 Å². The lowest BCUT2D eigenvalue weighted by Gasteiger charge is -2.06. The van der Waals surface area contributed by atoms with E-state index in [1.807, 2.05) is 60.9 Å². The number of methoxy groups -OCH3 is 1. The Morgan fingerprint density at radius 2 is 1.78 bits per heavy atom. The summed E-state index contributed by atoms with van der Waals surface area (Å²) < 4.78 is 10.5. The number of aliphatic imine (C=N–C) groups is 1. The fourth-order valence-electron chi connectivity index (χ4n) is 2.25. The SMILES string of the molecule is COc1ccc(/C(SC)=C2\N=C(c3ccccc3)OC2=O)cc1. The van der Waals surface area contributed by atoms with Crippen LogP contribution in [0.5, 0.6) is 5.75 Å². The van der Waals surface area contributed by atoms with E-state index in [9.17, 15) is 4.79 Å². The van der Waals surface area contributed by atoms with E-state index in [2.05, 4.69) is 4.99 Å². The zero-order valence-corrected chi connectivity index (χ0v) is 13.6. The van der Waals surface area contributed by atoms with Crippen LogP contribution in [0.1, 0.15) is 11.1 Å². The average molecular weight is 325 g/mol. The van der Waals surface area contributed by atoms with E-state index in [1.165, 1.54) is 11.8 Å². The van der Waals surface area contributed by atoms with Gasteiger partial charge in [-0.2, -0.15) is 0 Å². The quantitative estimate of drug-likeness (QED) is 0.635. The molecule has 0 spiro atoms. The Hall–Kier alpha value is -2.53. The molecule has 0 unspecified atom stereocenters. The first-order valence-corrected chi connectivity index (χ1v) is 8.24. The minimum atomic E-state index is -0.427. The molecule has 0 aliphatic carbocycles. The van der Waals surface area contributed by atoms with E-state index in [4.69, 9.17) is 9.47 Å². The number of ether oxygens (including phenoxy) is 2. The fraction of sp³-hybridized carbons (Fsp3) is 0.111. The van der Waals surface area contributed by atoms with Gasteiger partial charge in [0.25, 0.3) is 0 Å². The number of carbonyl (C=O) groups is 1. The van der Waals surface area contributed by atoms with Crippen molar-refractivity contribution in [2.24, 2.45) is 4.99 Å². The summed E-state index contributed by atoms with van der Waals surface area (Å²) in [7, 11) is 1.62. The van der Waals surface area contributed by atoms with Gasteiger partial charge >= 0.3 is 5.97 Å². The van der Waals surface area contributed by atoms with E-state index in [-0.39, 0.29) is 0 Å². The molecule has 4 nitrogen and oxygen atoms in total. The molecule has 0 fully saturated rings. The van der Waals surface area contributed by atoms with E-state index in [0.29, 0.717) is 11.6 Å². The van der Waals surface area contributed by atoms with Gasteiger partial charge in [0.2, 0.25) is 5.90 Å². The zero-order chi connectivity index (χ0) is 16.2. The molecule has 1 aliphatic heterocycles. The van der Waals surface area contributed by atoms with Crippen LogP contribution in [-0.2, 0) is 9.53 Å². The van der Waals surface area contributed by atoms with E-state index in [0.717, 1.165) is 21.8 Å². The van der Waals surface area contributed by atoms with Crippen LogP contribution in [0, 0.1) is 0 Å². The second kappa shape index (κ2) is 6.71. The van der Waals surface area contributed by atoms with Gasteiger partial charge in [-0.1, -0.05) is 30.3 Å². The largest absolute Gasteiger partial charge is 0.497 e. The predicted octanol–water partition coefficient (Wildman–Crippen LogP) is 3.73. The third-order valence-corrected chi connectivity index (χ3v) is 4.23. The molecule has 0 atom stereocenters. The van der Waals surface area contributed by atoms with E-state index in [1.54, 1.807) is 7.11 Å². The molecular weight excluding hydrogens is 310 g/mol. The highest BCUT2D eigenvalue weighted by Gasteiger charge is 2.27. The Labute approximate surface area is 138 Å². The normalized spacial score (nSPS) is 15.9. The number of benzene rings is 2. The fourth-order valence-corrected chi connectivity index (χ4v) is 2.94. The second-order valence-corrected chi connectivity index (χ2v) is 5.60. The molecule has 5 heteroatoms. The van der Waals surface area contributed by atoms with Gasteiger partial charge in [-0.25, -0.2) is 9.79 Å². The molecule has 2 aromatic rings. The minimum Gasteiger partial charge on any atom is -0.497 e. The maximum Gasteiger partial charge on any atom is 0.365 e. The van der Waals surface area contributed by atoms with Crippen LogP contribution >= 0.6 is 11.8 Å². The molecule has 23 heavy (non-hydrogen) atoms. The summed E-state index contributed by atoms with van der Waals surface area (Å²) in [5, 5.41) is 0. The third-order valence-electron chi connectivity index (χ3n) is 3.39. The van der Waals surface area contributed by atoms with Gasteiger partial charge in [-0.3, -0.25) is 0 Å². The van der Waals surface area contributed by atoms with Gasteiger partial charge in [-0.15, -0.1) is 11.8 Å². The van der Waals surface area contributed by atoms with Gasteiger partial charge in [0.1, 0.15) is 5.75 Å². The van der Waals surface area contributed by atoms with Crippen LogP contribution in [0.3, 0.4) is 0 Å². The lowest BCUT2D eigenvalue weighted by Crippen LogP contribution is -2.05. The lowest BCUT2D eigenvalue weighted by atomic mass is 10.2. The summed E-state index contributed by atoms with van der Waals surface area (Å²) in [5.41, 5.74) is 2.02. The molecule has 0 N–H and O–H groups in total. The van der Waals surface area contributed by atoms with Crippen LogP contribution in [0.15, 0.2) is 65.3 Å². The van der Waals surface area contributed by atoms with E-state index >= 15 is 0 Å². The van der Waals surface area contributed by atoms with Crippen molar-refractivity contribution in [2.75, 3.05) is 13.4 Å². The average Bonchev–Trinajstić information content (AvgIpc) is 2.99. The molecule has 1 heterocycles. The topological polar surface area (TPSA) is 47.9 Å². The maximum absolute atomic E-state index is 12.2. The van der Waals surface area contributed by atoms with Crippen LogP contribution in [0.2, 0.25) is 0 Å². The number of carbonyl (C=O) groups excluding carboxylic acids is 1. The number of hydrogen-bond acceptors (Lipinski definition) is 5. The molecule has 0 bridgehead atoms. The highest BCUT2D eigenvalue weighted by molar-refractivity contribution is 8.07. The Morgan fingerprint density at radius 3 is 2.39 bits per heavy atom. The molecule has 116 valence electrons. The maximum atomic E-state index is 12.2. The predicted molar refractivity (Wildman–Crippen MR) is 92.5 cm³/mol. The molecule has 3 rings (SSSR count). The van der Waals surface area contributed by atoms with Gasteiger partial charge < -0.3 is 9.47 Å². The lowest BCUT2D eigenvalue weighted by molar-refractivity contribution is -0.129. The molecular formula is C18H15NO3S. The highest BCUT2D eigenvalue weighted by atomic mass is 32.2. The van der Waals surface area contributed by atoms with Gasteiger partial charge in [0, 0.05) is 10.5 Å². The molecule has 2 aromatic carbocycles. The van der Waals surface area contributed by atoms with Crippen molar-refractivity contribution in [3.05, 3.63) is 71.4 Å².